The molecule has 0 aromatic heterocycles. The first-order valence-corrected chi connectivity index (χ1v) is 7.90. The highest BCUT2D eigenvalue weighted by molar-refractivity contribution is 5.39. The lowest BCUT2D eigenvalue weighted by atomic mass is 9.84. The Bertz CT molecular complexity index is 504. The molecule has 0 amide bonds. The lowest BCUT2D eigenvalue weighted by Gasteiger charge is -2.35. The first kappa shape index (κ1) is 12.6. The summed E-state index contributed by atoms with van der Waals surface area (Å²) in [5.74, 6) is 1.02. The summed E-state index contributed by atoms with van der Waals surface area (Å²) in [6, 6.07) is 7.21. The lowest BCUT2D eigenvalue weighted by Crippen LogP contribution is -2.46. The molecule has 2 atom stereocenters. The van der Waals surface area contributed by atoms with Gasteiger partial charge in [-0.2, -0.15) is 0 Å². The Morgan fingerprint density at radius 1 is 1.25 bits per heavy atom. The summed E-state index contributed by atoms with van der Waals surface area (Å²) in [7, 11) is 0. The molecule has 1 aromatic rings. The van der Waals surface area contributed by atoms with Crippen molar-refractivity contribution in [2.45, 2.75) is 62.7 Å². The average molecular weight is 275 g/mol. The molecule has 4 rings (SSSR count). The second-order valence-electron chi connectivity index (χ2n) is 6.74. The molecule has 3 heteroatoms. The first-order chi connectivity index (χ1) is 9.70. The number of piperidine rings is 1. The fourth-order valence-corrected chi connectivity index (χ4v) is 4.16. The van der Waals surface area contributed by atoms with Crippen LogP contribution in [0.5, 0.6) is 5.75 Å². The van der Waals surface area contributed by atoms with Crippen molar-refractivity contribution in [3.63, 3.8) is 0 Å². The van der Waals surface area contributed by atoms with E-state index in [-0.39, 0.29) is 0 Å². The molecule has 2 bridgehead atoms. The largest absolute Gasteiger partial charge is 0.493 e. The normalized spacial score (nSPS) is 34.9. The van der Waals surface area contributed by atoms with E-state index in [0.717, 1.165) is 38.0 Å². The fourth-order valence-electron chi connectivity index (χ4n) is 4.16. The molecule has 3 heterocycles. The third-order valence-corrected chi connectivity index (χ3v) is 5.18. The predicted octanol–water partition coefficient (Wildman–Crippen LogP) is 3.18. The van der Waals surface area contributed by atoms with Crippen molar-refractivity contribution in [1.82, 2.24) is 5.32 Å². The molecule has 0 saturated carbocycles. The van der Waals surface area contributed by atoms with Gasteiger partial charge in [-0.05, 0) is 55.7 Å². The van der Waals surface area contributed by atoms with Crippen LogP contribution in [0, 0.1) is 0 Å². The highest BCUT2D eigenvalue weighted by Gasteiger charge is 2.43. The number of hydrogen-bond acceptors (Lipinski definition) is 2. The molecular formula is C17H22FNO. The zero-order valence-electron chi connectivity index (χ0n) is 11.8. The van der Waals surface area contributed by atoms with Gasteiger partial charge < -0.3 is 10.1 Å². The molecule has 2 unspecified atom stereocenters. The minimum Gasteiger partial charge on any atom is -0.493 e. The van der Waals surface area contributed by atoms with Gasteiger partial charge in [0.1, 0.15) is 11.4 Å². The predicted molar refractivity (Wildman–Crippen MR) is 77.0 cm³/mol. The Balaban J connectivity index is 1.42. The SMILES string of the molecule is FC1(CCc2ccc3c(c2)CCO3)CC2CCC(C1)N2. The van der Waals surface area contributed by atoms with Crippen LogP contribution in [0.15, 0.2) is 18.2 Å². The number of rotatable bonds is 3. The van der Waals surface area contributed by atoms with Crippen molar-refractivity contribution in [2.75, 3.05) is 6.61 Å². The molecule has 1 aromatic carbocycles. The molecule has 108 valence electrons. The Morgan fingerprint density at radius 2 is 2.05 bits per heavy atom. The second kappa shape index (κ2) is 4.73. The van der Waals surface area contributed by atoms with Crippen LogP contribution < -0.4 is 10.1 Å². The zero-order valence-corrected chi connectivity index (χ0v) is 11.8. The molecular weight excluding hydrogens is 253 g/mol. The van der Waals surface area contributed by atoms with Crippen LogP contribution in [0.1, 0.15) is 43.2 Å². The Hall–Kier alpha value is -1.09. The Morgan fingerprint density at radius 3 is 2.85 bits per heavy atom. The van der Waals surface area contributed by atoms with Gasteiger partial charge in [0.15, 0.2) is 0 Å². The first-order valence-electron chi connectivity index (χ1n) is 7.90. The monoisotopic (exact) mass is 275 g/mol. The number of halogens is 1. The summed E-state index contributed by atoms with van der Waals surface area (Å²) in [5, 5.41) is 3.52. The summed E-state index contributed by atoms with van der Waals surface area (Å²) in [4.78, 5) is 0. The minimum atomic E-state index is -0.952. The van der Waals surface area contributed by atoms with E-state index < -0.39 is 5.67 Å². The maximum atomic E-state index is 15.0. The van der Waals surface area contributed by atoms with Crippen molar-refractivity contribution in [3.8, 4) is 5.75 Å². The summed E-state index contributed by atoms with van der Waals surface area (Å²) >= 11 is 0. The lowest BCUT2D eigenvalue weighted by molar-refractivity contribution is 0.0798. The summed E-state index contributed by atoms with van der Waals surface area (Å²) < 4.78 is 20.5. The van der Waals surface area contributed by atoms with Gasteiger partial charge in [0, 0.05) is 18.5 Å². The fraction of sp³-hybridized carbons (Fsp3) is 0.647. The number of aryl methyl sites for hydroxylation is 1. The van der Waals surface area contributed by atoms with Gasteiger partial charge in [-0.1, -0.05) is 12.1 Å². The van der Waals surface area contributed by atoms with Crippen LogP contribution in [0.4, 0.5) is 4.39 Å². The number of ether oxygens (including phenoxy) is 1. The van der Waals surface area contributed by atoms with Crippen LogP contribution in [0.2, 0.25) is 0 Å². The quantitative estimate of drug-likeness (QED) is 0.915. The molecule has 3 aliphatic heterocycles. The number of alkyl halides is 1. The van der Waals surface area contributed by atoms with Gasteiger partial charge in [0.05, 0.1) is 6.61 Å². The molecule has 0 spiro atoms. The third-order valence-electron chi connectivity index (χ3n) is 5.18. The third kappa shape index (κ3) is 2.32. The molecule has 0 radical (unpaired) electrons. The van der Waals surface area contributed by atoms with Crippen LogP contribution in [-0.2, 0) is 12.8 Å². The molecule has 0 aliphatic carbocycles. The maximum Gasteiger partial charge on any atom is 0.122 e. The van der Waals surface area contributed by atoms with Crippen molar-refractivity contribution >= 4 is 0 Å². The number of nitrogens with one attached hydrogen (secondary N) is 1. The van der Waals surface area contributed by atoms with Crippen molar-refractivity contribution in [2.24, 2.45) is 0 Å². The van der Waals surface area contributed by atoms with E-state index >= 15 is 4.39 Å². The van der Waals surface area contributed by atoms with Crippen molar-refractivity contribution in [3.05, 3.63) is 29.3 Å². The van der Waals surface area contributed by atoms with E-state index in [1.165, 1.54) is 11.1 Å². The Labute approximate surface area is 119 Å². The summed E-state index contributed by atoms with van der Waals surface area (Å²) in [6.07, 6.45) is 6.25. The smallest absolute Gasteiger partial charge is 0.122 e. The highest BCUT2D eigenvalue weighted by atomic mass is 19.1. The molecule has 2 saturated heterocycles. The van der Waals surface area contributed by atoms with E-state index in [2.05, 4.69) is 23.5 Å². The van der Waals surface area contributed by atoms with E-state index in [0.29, 0.717) is 31.3 Å². The van der Waals surface area contributed by atoms with Gasteiger partial charge in [-0.3, -0.25) is 0 Å². The summed E-state index contributed by atoms with van der Waals surface area (Å²) in [6.45, 7) is 0.793. The van der Waals surface area contributed by atoms with Crippen molar-refractivity contribution < 1.29 is 9.13 Å². The van der Waals surface area contributed by atoms with Crippen molar-refractivity contribution in [1.29, 1.82) is 0 Å². The topological polar surface area (TPSA) is 21.3 Å². The standard InChI is InChI=1S/C17H22FNO/c18-17(10-14-2-3-15(11-17)19-14)7-5-12-1-4-16-13(9-12)6-8-20-16/h1,4,9,14-15,19H,2-3,5-8,10-11H2. The number of benzene rings is 1. The van der Waals surface area contributed by atoms with Gasteiger partial charge in [0.2, 0.25) is 0 Å². The van der Waals surface area contributed by atoms with Crippen LogP contribution in [0.25, 0.3) is 0 Å². The molecule has 20 heavy (non-hydrogen) atoms. The van der Waals surface area contributed by atoms with Gasteiger partial charge in [0.25, 0.3) is 0 Å². The van der Waals surface area contributed by atoms with E-state index in [1.54, 1.807) is 0 Å². The molecule has 3 aliphatic rings. The average Bonchev–Trinajstić information content (AvgIpc) is 3.02. The molecule has 2 fully saturated rings. The van der Waals surface area contributed by atoms with E-state index in [1.807, 2.05) is 0 Å². The molecule has 2 nitrogen and oxygen atoms in total. The van der Waals surface area contributed by atoms with Gasteiger partial charge >= 0.3 is 0 Å². The van der Waals surface area contributed by atoms with Crippen LogP contribution in [-0.4, -0.2) is 24.4 Å². The van der Waals surface area contributed by atoms with Gasteiger partial charge in [-0.25, -0.2) is 4.39 Å². The number of fused-ring (bicyclic) bond motifs is 3. The Kier molecular flexibility index (Phi) is 2.99. The second-order valence-corrected chi connectivity index (χ2v) is 6.74. The van der Waals surface area contributed by atoms with Gasteiger partial charge in [-0.15, -0.1) is 0 Å². The maximum absolute atomic E-state index is 15.0. The van der Waals surface area contributed by atoms with E-state index in [9.17, 15) is 0 Å². The highest BCUT2D eigenvalue weighted by Crippen LogP contribution is 2.39. The summed E-state index contributed by atoms with van der Waals surface area (Å²) in [5.41, 5.74) is 1.60. The van der Waals surface area contributed by atoms with Crippen LogP contribution in [0.3, 0.4) is 0 Å². The van der Waals surface area contributed by atoms with E-state index in [4.69, 9.17) is 4.74 Å². The number of hydrogen-bond donors (Lipinski definition) is 1. The minimum absolute atomic E-state index is 0.423. The molecule has 1 N–H and O–H groups in total. The zero-order chi connectivity index (χ0) is 13.6. The van der Waals surface area contributed by atoms with Crippen LogP contribution >= 0.6 is 0 Å².